The van der Waals surface area contributed by atoms with Crippen molar-refractivity contribution in [3.8, 4) is 0 Å². The molecule has 3 heteroatoms. The van der Waals surface area contributed by atoms with Gasteiger partial charge in [-0.1, -0.05) is 30.3 Å². The Morgan fingerprint density at radius 3 is 2.23 bits per heavy atom. The molecule has 0 fully saturated rings. The first-order valence-electron chi connectivity index (χ1n) is 3.94. The zero-order valence-corrected chi connectivity index (χ0v) is 7.21. The van der Waals surface area contributed by atoms with Gasteiger partial charge in [-0.15, -0.1) is 0 Å². The van der Waals surface area contributed by atoms with Gasteiger partial charge in [0.05, 0.1) is 0 Å². The zero-order valence-electron chi connectivity index (χ0n) is 7.21. The van der Waals surface area contributed by atoms with Crippen molar-refractivity contribution < 1.29 is 13.6 Å². The number of benzene rings is 1. The van der Waals surface area contributed by atoms with Crippen LogP contribution in [0.1, 0.15) is 18.4 Å². The molecule has 0 aliphatic rings. The highest BCUT2D eigenvalue weighted by Gasteiger charge is 2.34. The third-order valence-corrected chi connectivity index (χ3v) is 1.84. The van der Waals surface area contributed by atoms with Gasteiger partial charge in [0.15, 0.2) is 0 Å². The second-order valence-corrected chi connectivity index (χ2v) is 2.98. The van der Waals surface area contributed by atoms with Crippen molar-refractivity contribution in [1.82, 2.24) is 0 Å². The van der Waals surface area contributed by atoms with E-state index in [0.29, 0.717) is 5.56 Å². The van der Waals surface area contributed by atoms with Gasteiger partial charge >= 0.3 is 0 Å². The molecule has 1 atom stereocenters. The molecule has 0 amide bonds. The van der Waals surface area contributed by atoms with Gasteiger partial charge in [-0.05, 0) is 5.56 Å². The summed E-state index contributed by atoms with van der Waals surface area (Å²) in [6.45, 7) is 0.749. The minimum Gasteiger partial charge on any atom is -0.302 e. The van der Waals surface area contributed by atoms with Crippen LogP contribution in [-0.2, 0) is 4.79 Å². The Morgan fingerprint density at radius 2 is 1.85 bits per heavy atom. The van der Waals surface area contributed by atoms with E-state index in [1.165, 1.54) is 12.1 Å². The standard InChI is InChI=1S/C10H10F2O/c1-10(11,12)9(7-13)8-5-3-2-4-6-8/h2-7,9H,1H3. The highest BCUT2D eigenvalue weighted by molar-refractivity contribution is 5.63. The van der Waals surface area contributed by atoms with Crippen molar-refractivity contribution in [2.24, 2.45) is 0 Å². The Kier molecular flexibility index (Phi) is 2.76. The normalized spacial score (nSPS) is 13.8. The Hall–Kier alpha value is -1.25. The van der Waals surface area contributed by atoms with Crippen LogP contribution >= 0.6 is 0 Å². The molecular formula is C10H10F2O. The Balaban J connectivity index is 2.99. The van der Waals surface area contributed by atoms with E-state index in [9.17, 15) is 13.6 Å². The second kappa shape index (κ2) is 3.64. The number of carbonyl (C=O) groups excluding carboxylic acids is 1. The van der Waals surface area contributed by atoms with E-state index < -0.39 is 11.8 Å². The summed E-state index contributed by atoms with van der Waals surface area (Å²) < 4.78 is 25.7. The molecule has 1 rings (SSSR count). The second-order valence-electron chi connectivity index (χ2n) is 2.98. The lowest BCUT2D eigenvalue weighted by Gasteiger charge is -2.17. The van der Waals surface area contributed by atoms with E-state index in [1.807, 2.05) is 0 Å². The summed E-state index contributed by atoms with van der Waals surface area (Å²) in [5, 5.41) is 0. The maximum atomic E-state index is 12.8. The molecule has 1 aromatic rings. The van der Waals surface area contributed by atoms with Gasteiger partial charge < -0.3 is 4.79 Å². The first-order valence-corrected chi connectivity index (χ1v) is 3.94. The molecule has 0 radical (unpaired) electrons. The number of aldehydes is 1. The lowest BCUT2D eigenvalue weighted by molar-refractivity contribution is -0.116. The Morgan fingerprint density at radius 1 is 1.31 bits per heavy atom. The van der Waals surface area contributed by atoms with E-state index in [-0.39, 0.29) is 6.29 Å². The fraction of sp³-hybridized carbons (Fsp3) is 0.300. The number of halogens is 2. The van der Waals surface area contributed by atoms with Crippen molar-refractivity contribution >= 4 is 6.29 Å². The van der Waals surface area contributed by atoms with Gasteiger partial charge in [0.2, 0.25) is 0 Å². The summed E-state index contributed by atoms with van der Waals surface area (Å²) >= 11 is 0. The van der Waals surface area contributed by atoms with Crippen LogP contribution in [0.4, 0.5) is 8.78 Å². The van der Waals surface area contributed by atoms with Crippen molar-refractivity contribution in [3.63, 3.8) is 0 Å². The molecule has 0 aromatic heterocycles. The van der Waals surface area contributed by atoms with Gasteiger partial charge in [0.25, 0.3) is 5.92 Å². The van der Waals surface area contributed by atoms with Crippen LogP contribution < -0.4 is 0 Å². The van der Waals surface area contributed by atoms with Gasteiger partial charge in [0, 0.05) is 6.92 Å². The fourth-order valence-electron chi connectivity index (χ4n) is 1.15. The van der Waals surface area contributed by atoms with Crippen LogP contribution in [0, 0.1) is 0 Å². The smallest absolute Gasteiger partial charge is 0.258 e. The first kappa shape index (κ1) is 9.84. The molecule has 1 unspecified atom stereocenters. The van der Waals surface area contributed by atoms with Crippen LogP contribution in [-0.4, -0.2) is 12.2 Å². The van der Waals surface area contributed by atoms with Crippen molar-refractivity contribution in [2.45, 2.75) is 18.8 Å². The number of rotatable bonds is 3. The molecule has 1 nitrogen and oxygen atoms in total. The minimum absolute atomic E-state index is 0.287. The predicted octanol–water partition coefficient (Wildman–Crippen LogP) is 2.62. The van der Waals surface area contributed by atoms with Crippen molar-refractivity contribution in [3.05, 3.63) is 35.9 Å². The molecule has 0 spiro atoms. The average Bonchev–Trinajstić information content (AvgIpc) is 2.05. The molecule has 0 saturated heterocycles. The van der Waals surface area contributed by atoms with E-state index >= 15 is 0 Å². The third-order valence-electron chi connectivity index (χ3n) is 1.84. The van der Waals surface area contributed by atoms with Gasteiger partial charge in [0.1, 0.15) is 12.2 Å². The predicted molar refractivity (Wildman–Crippen MR) is 45.9 cm³/mol. The average molecular weight is 184 g/mol. The lowest BCUT2D eigenvalue weighted by Crippen LogP contribution is -2.23. The van der Waals surface area contributed by atoms with E-state index in [4.69, 9.17) is 0 Å². The highest BCUT2D eigenvalue weighted by Crippen LogP contribution is 2.30. The first-order chi connectivity index (χ1) is 6.05. The maximum absolute atomic E-state index is 12.8. The van der Waals surface area contributed by atoms with E-state index in [1.54, 1.807) is 18.2 Å². The maximum Gasteiger partial charge on any atom is 0.258 e. The van der Waals surface area contributed by atoms with Gasteiger partial charge in [-0.3, -0.25) is 0 Å². The van der Waals surface area contributed by atoms with Crippen molar-refractivity contribution in [2.75, 3.05) is 0 Å². The molecule has 0 aliphatic heterocycles. The zero-order chi connectivity index (χ0) is 9.90. The SMILES string of the molecule is CC(F)(F)C(C=O)c1ccccc1. The highest BCUT2D eigenvalue weighted by atomic mass is 19.3. The van der Waals surface area contributed by atoms with Crippen LogP contribution in [0.5, 0.6) is 0 Å². The molecule has 0 bridgehead atoms. The fourth-order valence-corrected chi connectivity index (χ4v) is 1.15. The summed E-state index contributed by atoms with van der Waals surface area (Å²) in [6.07, 6.45) is 0.287. The van der Waals surface area contributed by atoms with Crippen molar-refractivity contribution in [1.29, 1.82) is 0 Å². The summed E-state index contributed by atoms with van der Waals surface area (Å²) in [6, 6.07) is 8.04. The molecule has 13 heavy (non-hydrogen) atoms. The monoisotopic (exact) mass is 184 g/mol. The molecule has 0 aliphatic carbocycles. The molecule has 0 heterocycles. The van der Waals surface area contributed by atoms with E-state index in [0.717, 1.165) is 6.92 Å². The summed E-state index contributed by atoms with van der Waals surface area (Å²) in [5.41, 5.74) is 0.352. The van der Waals surface area contributed by atoms with Crippen LogP contribution in [0.3, 0.4) is 0 Å². The van der Waals surface area contributed by atoms with Crippen LogP contribution in [0.15, 0.2) is 30.3 Å². The minimum atomic E-state index is -3.00. The quantitative estimate of drug-likeness (QED) is 0.660. The number of carbonyl (C=O) groups is 1. The molecule has 1 aromatic carbocycles. The summed E-state index contributed by atoms with van der Waals surface area (Å²) in [5.74, 6) is -4.34. The Bertz CT molecular complexity index is 277. The Labute approximate surface area is 75.4 Å². The third kappa shape index (κ3) is 2.34. The number of alkyl halides is 2. The van der Waals surface area contributed by atoms with Crippen LogP contribution in [0.25, 0.3) is 0 Å². The summed E-state index contributed by atoms with van der Waals surface area (Å²) in [4.78, 5) is 10.5. The molecule has 0 N–H and O–H groups in total. The van der Waals surface area contributed by atoms with Gasteiger partial charge in [-0.25, -0.2) is 8.78 Å². The summed E-state index contributed by atoms with van der Waals surface area (Å²) in [7, 11) is 0. The number of hydrogen-bond donors (Lipinski definition) is 0. The van der Waals surface area contributed by atoms with Gasteiger partial charge in [-0.2, -0.15) is 0 Å². The molecular weight excluding hydrogens is 174 g/mol. The largest absolute Gasteiger partial charge is 0.302 e. The lowest BCUT2D eigenvalue weighted by atomic mass is 9.95. The van der Waals surface area contributed by atoms with Crippen LogP contribution in [0.2, 0.25) is 0 Å². The number of hydrogen-bond acceptors (Lipinski definition) is 1. The topological polar surface area (TPSA) is 17.1 Å². The van der Waals surface area contributed by atoms with E-state index in [2.05, 4.69) is 0 Å². The molecule has 0 saturated carbocycles. The molecule has 70 valence electrons.